The number of fused-ring (bicyclic) bond motifs is 2. The molecule has 0 saturated carbocycles. The minimum atomic E-state index is -0.849. The van der Waals surface area contributed by atoms with Crippen molar-refractivity contribution in [3.63, 3.8) is 0 Å². The minimum Gasteiger partial charge on any atom is -0.493 e. The molecule has 7 rings (SSSR count). The number of benzene rings is 5. The van der Waals surface area contributed by atoms with Crippen LogP contribution in [0.4, 0.5) is 0 Å². The topological polar surface area (TPSA) is 88.4 Å². The van der Waals surface area contributed by atoms with E-state index in [9.17, 15) is 9.59 Å². The number of ether oxygens (including phenoxy) is 4. The lowest BCUT2D eigenvalue weighted by atomic mass is 9.93. The highest BCUT2D eigenvalue weighted by Crippen LogP contribution is 2.38. The van der Waals surface area contributed by atoms with E-state index in [0.717, 1.165) is 27.5 Å². The molecular formula is C41H34N2O6S. The monoisotopic (exact) mass is 682 g/mol. The lowest BCUT2D eigenvalue weighted by Crippen LogP contribution is -2.40. The molecular weight excluding hydrogens is 649 g/mol. The molecule has 50 heavy (non-hydrogen) atoms. The van der Waals surface area contributed by atoms with Crippen molar-refractivity contribution in [1.82, 2.24) is 4.57 Å². The number of carbonyl (C=O) groups is 1. The van der Waals surface area contributed by atoms with Crippen molar-refractivity contribution >= 4 is 39.9 Å². The molecule has 1 aromatic heterocycles. The number of hydrogen-bond donors (Lipinski definition) is 0. The summed E-state index contributed by atoms with van der Waals surface area (Å²) in [5.41, 5.74) is 3.67. The van der Waals surface area contributed by atoms with Crippen molar-refractivity contribution in [1.29, 1.82) is 0 Å². The van der Waals surface area contributed by atoms with Gasteiger partial charge >= 0.3 is 5.97 Å². The van der Waals surface area contributed by atoms with Gasteiger partial charge in [0.05, 0.1) is 42.7 Å². The van der Waals surface area contributed by atoms with Crippen molar-refractivity contribution in [2.45, 2.75) is 19.6 Å². The van der Waals surface area contributed by atoms with E-state index in [2.05, 4.69) is 24.3 Å². The lowest BCUT2D eigenvalue weighted by molar-refractivity contribution is -0.138. The highest BCUT2D eigenvalue weighted by atomic mass is 32.1. The summed E-state index contributed by atoms with van der Waals surface area (Å²) in [7, 11) is 3.10. The van der Waals surface area contributed by atoms with Crippen LogP contribution in [0.2, 0.25) is 0 Å². The van der Waals surface area contributed by atoms with Crippen LogP contribution in [0.3, 0.4) is 0 Å². The lowest BCUT2D eigenvalue weighted by Gasteiger charge is -2.26. The van der Waals surface area contributed by atoms with Crippen LogP contribution in [0.15, 0.2) is 131 Å². The molecule has 9 heteroatoms. The Balaban J connectivity index is 1.34. The molecule has 2 heterocycles. The van der Waals surface area contributed by atoms with Gasteiger partial charge in [0.25, 0.3) is 5.56 Å². The predicted octanol–water partition coefficient (Wildman–Crippen LogP) is 6.69. The number of esters is 1. The summed E-state index contributed by atoms with van der Waals surface area (Å²) in [6.45, 7) is 2.31. The minimum absolute atomic E-state index is 0.159. The maximum Gasteiger partial charge on any atom is 0.338 e. The predicted molar refractivity (Wildman–Crippen MR) is 195 cm³/mol. The fourth-order valence-corrected chi connectivity index (χ4v) is 7.20. The van der Waals surface area contributed by atoms with Gasteiger partial charge in [0.1, 0.15) is 12.4 Å². The summed E-state index contributed by atoms with van der Waals surface area (Å²) in [5.74, 6) is 1.11. The number of methoxy groups -OCH3 is 2. The molecule has 0 N–H and O–H groups in total. The average molecular weight is 683 g/mol. The van der Waals surface area contributed by atoms with Crippen molar-refractivity contribution in [3.05, 3.63) is 163 Å². The molecule has 0 aliphatic carbocycles. The second kappa shape index (κ2) is 14.3. The summed E-state index contributed by atoms with van der Waals surface area (Å²) in [6.07, 6.45) is 1.83. The fraction of sp³-hybridized carbons (Fsp3) is 0.146. The third kappa shape index (κ3) is 6.31. The number of carbonyl (C=O) groups excluding carboxylic acids is 1. The summed E-state index contributed by atoms with van der Waals surface area (Å²) < 4.78 is 25.0. The molecule has 8 nitrogen and oxygen atoms in total. The quantitative estimate of drug-likeness (QED) is 0.150. The fourth-order valence-electron chi connectivity index (χ4n) is 6.20. The first-order chi connectivity index (χ1) is 24.5. The molecule has 1 aliphatic rings. The summed E-state index contributed by atoms with van der Waals surface area (Å²) in [4.78, 5) is 33.6. The van der Waals surface area contributed by atoms with Gasteiger partial charge in [-0.3, -0.25) is 9.36 Å². The number of thiazole rings is 1. The van der Waals surface area contributed by atoms with Gasteiger partial charge in [-0.05, 0) is 64.7 Å². The zero-order valence-electron chi connectivity index (χ0n) is 27.8. The second-order valence-corrected chi connectivity index (χ2v) is 12.6. The Labute approximate surface area is 292 Å². The molecule has 0 unspecified atom stereocenters. The Kier molecular flexibility index (Phi) is 9.31. The maximum absolute atomic E-state index is 14.4. The normalized spacial score (nSPS) is 14.2. The average Bonchev–Trinajstić information content (AvgIpc) is 3.47. The van der Waals surface area contributed by atoms with E-state index >= 15 is 0 Å². The van der Waals surface area contributed by atoms with Crippen molar-refractivity contribution < 1.29 is 23.7 Å². The standard InChI is InChI=1S/C41H34N2O6S/c1-4-48-40(45)36-37(28-14-6-5-7-15-28)42-41-43(38(36)29-20-21-33(46-2)34(24-29)47-3)39(44)35(50-41)23-26-12-10-18-31(22-26)49-25-30-17-11-16-27-13-8-9-19-32(27)30/h5-24,38H,4,25H2,1-3H3/b35-23-/t38-/m0/s1. The SMILES string of the molecule is CCOC(=O)C1=C(c2ccccc2)N=c2s/c(=C\c3cccc(OCc4cccc5ccccc45)c3)c(=O)n2[C@H]1c1ccc(OC)c(OC)c1. The van der Waals surface area contributed by atoms with Crippen LogP contribution >= 0.6 is 11.3 Å². The Bertz CT molecular complexity index is 2420. The van der Waals surface area contributed by atoms with Crippen molar-refractivity contribution in [3.8, 4) is 17.2 Å². The van der Waals surface area contributed by atoms with Gasteiger partial charge in [0.2, 0.25) is 0 Å². The molecule has 0 fully saturated rings. The molecule has 6 aromatic rings. The zero-order valence-corrected chi connectivity index (χ0v) is 28.6. The molecule has 1 atom stereocenters. The van der Waals surface area contributed by atoms with Crippen LogP contribution in [0.5, 0.6) is 17.2 Å². The molecule has 0 bridgehead atoms. The van der Waals surface area contributed by atoms with E-state index in [1.807, 2.05) is 84.9 Å². The Morgan fingerprint density at radius 1 is 0.860 bits per heavy atom. The highest BCUT2D eigenvalue weighted by molar-refractivity contribution is 7.07. The van der Waals surface area contributed by atoms with Crippen molar-refractivity contribution in [2.24, 2.45) is 4.99 Å². The first kappa shape index (κ1) is 32.6. The van der Waals surface area contributed by atoms with Gasteiger partial charge in [-0.15, -0.1) is 0 Å². The third-order valence-electron chi connectivity index (χ3n) is 8.53. The Hall–Kier alpha value is -5.93. The van der Waals surface area contributed by atoms with Gasteiger partial charge in [0, 0.05) is 5.56 Å². The van der Waals surface area contributed by atoms with E-state index in [1.54, 1.807) is 37.8 Å². The molecule has 0 radical (unpaired) electrons. The first-order valence-electron chi connectivity index (χ1n) is 16.2. The smallest absolute Gasteiger partial charge is 0.338 e. The van der Waals surface area contributed by atoms with Crippen LogP contribution < -0.4 is 29.1 Å². The number of aromatic nitrogens is 1. The largest absolute Gasteiger partial charge is 0.493 e. The van der Waals surface area contributed by atoms with E-state index in [4.69, 9.17) is 23.9 Å². The highest BCUT2D eigenvalue weighted by Gasteiger charge is 2.35. The summed E-state index contributed by atoms with van der Waals surface area (Å²) >= 11 is 1.26. The van der Waals surface area contributed by atoms with Gasteiger partial charge in [-0.2, -0.15) is 0 Å². The first-order valence-corrected chi connectivity index (χ1v) is 17.0. The zero-order chi connectivity index (χ0) is 34.6. The van der Waals surface area contributed by atoms with Gasteiger partial charge < -0.3 is 18.9 Å². The van der Waals surface area contributed by atoms with Gasteiger partial charge in [0.15, 0.2) is 16.3 Å². The number of rotatable bonds is 10. The molecule has 5 aromatic carbocycles. The van der Waals surface area contributed by atoms with E-state index in [0.29, 0.717) is 44.4 Å². The second-order valence-electron chi connectivity index (χ2n) is 11.5. The molecule has 0 saturated heterocycles. The van der Waals surface area contributed by atoms with Gasteiger partial charge in [-0.25, -0.2) is 9.79 Å². The van der Waals surface area contributed by atoms with Crippen LogP contribution in [0, 0.1) is 0 Å². The van der Waals surface area contributed by atoms with E-state index in [-0.39, 0.29) is 17.7 Å². The Morgan fingerprint density at radius 3 is 2.42 bits per heavy atom. The van der Waals surface area contributed by atoms with Crippen LogP contribution in [-0.2, 0) is 16.1 Å². The van der Waals surface area contributed by atoms with E-state index < -0.39 is 12.0 Å². The molecule has 250 valence electrons. The van der Waals surface area contributed by atoms with Crippen molar-refractivity contribution in [2.75, 3.05) is 20.8 Å². The summed E-state index contributed by atoms with van der Waals surface area (Å²) in [5, 5.41) is 2.30. The number of hydrogen-bond acceptors (Lipinski definition) is 8. The Morgan fingerprint density at radius 2 is 1.62 bits per heavy atom. The summed E-state index contributed by atoms with van der Waals surface area (Å²) in [6, 6.07) is 36.0. The van der Waals surface area contributed by atoms with Crippen LogP contribution in [-0.4, -0.2) is 31.4 Å². The number of nitrogens with zero attached hydrogens (tertiary/aromatic N) is 2. The molecule has 1 aliphatic heterocycles. The molecule has 0 amide bonds. The van der Waals surface area contributed by atoms with Gasteiger partial charge in [-0.1, -0.05) is 102 Å². The maximum atomic E-state index is 14.4. The molecule has 0 spiro atoms. The van der Waals surface area contributed by atoms with Crippen LogP contribution in [0.1, 0.15) is 35.2 Å². The van der Waals surface area contributed by atoms with Crippen LogP contribution in [0.25, 0.3) is 22.5 Å². The third-order valence-corrected chi connectivity index (χ3v) is 9.51. The van der Waals surface area contributed by atoms with E-state index in [1.165, 1.54) is 11.3 Å².